The topological polar surface area (TPSA) is 78.4 Å². The van der Waals surface area contributed by atoms with Crippen LogP contribution in [0.1, 0.15) is 28.8 Å². The maximum Gasteiger partial charge on any atom is 0.251 e. The second kappa shape index (κ2) is 9.84. The zero-order valence-corrected chi connectivity index (χ0v) is 15.4. The number of hydrogen-bond donors (Lipinski definition) is 3. The van der Waals surface area contributed by atoms with Gasteiger partial charge < -0.3 is 15.7 Å². The highest BCUT2D eigenvalue weighted by Gasteiger charge is 2.06. The van der Waals surface area contributed by atoms with Gasteiger partial charge in [-0.1, -0.05) is 40.2 Å². The Bertz CT molecular complexity index is 734. The van der Waals surface area contributed by atoms with Crippen LogP contribution in [-0.2, 0) is 11.2 Å². The summed E-state index contributed by atoms with van der Waals surface area (Å²) >= 11 is 3.47. The van der Waals surface area contributed by atoms with E-state index in [-0.39, 0.29) is 17.6 Å². The molecule has 0 radical (unpaired) electrons. The smallest absolute Gasteiger partial charge is 0.251 e. The van der Waals surface area contributed by atoms with Gasteiger partial charge in [0.15, 0.2) is 0 Å². The van der Waals surface area contributed by atoms with Crippen molar-refractivity contribution in [2.75, 3.05) is 13.1 Å². The van der Waals surface area contributed by atoms with Crippen LogP contribution in [0, 0.1) is 0 Å². The maximum absolute atomic E-state index is 11.9. The number of carbonyl (C=O) groups excluding carboxylic acids is 2. The average molecular weight is 405 g/mol. The Labute approximate surface area is 155 Å². The molecule has 2 aromatic rings. The van der Waals surface area contributed by atoms with E-state index >= 15 is 0 Å². The van der Waals surface area contributed by atoms with Gasteiger partial charge in [0, 0.05) is 29.5 Å². The van der Waals surface area contributed by atoms with Gasteiger partial charge in [-0.05, 0) is 42.7 Å². The van der Waals surface area contributed by atoms with Gasteiger partial charge in [0.1, 0.15) is 5.75 Å². The van der Waals surface area contributed by atoms with Crippen LogP contribution in [0.4, 0.5) is 0 Å². The fourth-order valence-electron chi connectivity index (χ4n) is 2.31. The fourth-order valence-corrected chi connectivity index (χ4v) is 2.79. The SMILES string of the molecule is O=C(CCc1ccccc1Br)NCCCNC(=O)c1cccc(O)c1. The quantitative estimate of drug-likeness (QED) is 0.591. The first-order chi connectivity index (χ1) is 12.1. The minimum atomic E-state index is -0.240. The summed E-state index contributed by atoms with van der Waals surface area (Å²) in [6.45, 7) is 0.966. The number of aryl methyl sites for hydroxylation is 1. The zero-order valence-electron chi connectivity index (χ0n) is 13.8. The number of carbonyl (C=O) groups is 2. The lowest BCUT2D eigenvalue weighted by molar-refractivity contribution is -0.121. The molecule has 0 aliphatic rings. The summed E-state index contributed by atoms with van der Waals surface area (Å²) in [5.74, 6) is -0.184. The summed E-state index contributed by atoms with van der Waals surface area (Å²) in [5, 5.41) is 15.0. The van der Waals surface area contributed by atoms with E-state index in [9.17, 15) is 14.7 Å². The van der Waals surface area contributed by atoms with Crippen LogP contribution in [-0.4, -0.2) is 30.0 Å². The number of nitrogens with one attached hydrogen (secondary N) is 2. The highest BCUT2D eigenvalue weighted by Crippen LogP contribution is 2.17. The Balaban J connectivity index is 1.60. The largest absolute Gasteiger partial charge is 0.508 e. The van der Waals surface area contributed by atoms with E-state index in [0.717, 1.165) is 10.0 Å². The van der Waals surface area contributed by atoms with Crippen LogP contribution < -0.4 is 10.6 Å². The van der Waals surface area contributed by atoms with Crippen molar-refractivity contribution >= 4 is 27.7 Å². The number of benzene rings is 2. The number of aromatic hydroxyl groups is 1. The molecule has 0 saturated carbocycles. The molecule has 0 fully saturated rings. The predicted octanol–water partition coefficient (Wildman–Crippen LogP) is 3.02. The third kappa shape index (κ3) is 6.58. The summed E-state index contributed by atoms with van der Waals surface area (Å²) in [6.07, 6.45) is 1.76. The molecule has 132 valence electrons. The number of hydrogen-bond acceptors (Lipinski definition) is 3. The van der Waals surface area contributed by atoms with E-state index in [1.54, 1.807) is 12.1 Å². The second-order valence-electron chi connectivity index (χ2n) is 5.60. The molecule has 5 nitrogen and oxygen atoms in total. The third-order valence-corrected chi connectivity index (χ3v) is 4.42. The molecule has 3 N–H and O–H groups in total. The standard InChI is InChI=1S/C19H21BrN2O3/c20-17-8-2-1-5-14(17)9-10-18(24)21-11-4-12-22-19(25)15-6-3-7-16(23)13-15/h1-3,5-8,13,23H,4,9-12H2,(H,21,24)(H,22,25). The molecule has 0 spiro atoms. The molecule has 2 aromatic carbocycles. The Morgan fingerprint density at radius 2 is 1.76 bits per heavy atom. The monoisotopic (exact) mass is 404 g/mol. The van der Waals surface area contributed by atoms with Gasteiger partial charge in [-0.25, -0.2) is 0 Å². The Morgan fingerprint density at radius 1 is 1.00 bits per heavy atom. The Kier molecular flexibility index (Phi) is 7.47. The molecule has 0 bridgehead atoms. The van der Waals surface area contributed by atoms with Crippen molar-refractivity contribution in [3.8, 4) is 5.75 Å². The molecule has 2 rings (SSSR count). The van der Waals surface area contributed by atoms with Crippen molar-refractivity contribution in [2.24, 2.45) is 0 Å². The molecule has 0 saturated heterocycles. The Morgan fingerprint density at radius 3 is 2.52 bits per heavy atom. The van der Waals surface area contributed by atoms with E-state index in [1.165, 1.54) is 12.1 Å². The lowest BCUT2D eigenvalue weighted by atomic mass is 10.1. The van der Waals surface area contributed by atoms with E-state index < -0.39 is 0 Å². The highest BCUT2D eigenvalue weighted by molar-refractivity contribution is 9.10. The minimum Gasteiger partial charge on any atom is -0.508 e. The van der Waals surface area contributed by atoms with Gasteiger partial charge in [0.2, 0.25) is 5.91 Å². The molecule has 0 aliphatic heterocycles. The lowest BCUT2D eigenvalue weighted by Crippen LogP contribution is -2.30. The van der Waals surface area contributed by atoms with Gasteiger partial charge in [-0.2, -0.15) is 0 Å². The van der Waals surface area contributed by atoms with E-state index in [1.807, 2.05) is 24.3 Å². The third-order valence-electron chi connectivity index (χ3n) is 3.65. The highest BCUT2D eigenvalue weighted by atomic mass is 79.9. The summed E-state index contributed by atoms with van der Waals surface area (Å²) in [5.41, 5.74) is 1.52. The van der Waals surface area contributed by atoms with Crippen LogP contribution in [0.5, 0.6) is 5.75 Å². The van der Waals surface area contributed by atoms with Crippen molar-refractivity contribution in [1.82, 2.24) is 10.6 Å². The molecule has 0 aromatic heterocycles. The van der Waals surface area contributed by atoms with Gasteiger partial charge in [-0.15, -0.1) is 0 Å². The average Bonchev–Trinajstić information content (AvgIpc) is 2.60. The van der Waals surface area contributed by atoms with Gasteiger partial charge in [0.25, 0.3) is 5.91 Å². The first-order valence-electron chi connectivity index (χ1n) is 8.13. The summed E-state index contributed by atoms with van der Waals surface area (Å²) < 4.78 is 1.01. The number of phenols is 1. The molecule has 0 atom stereocenters. The van der Waals surface area contributed by atoms with E-state index in [2.05, 4.69) is 26.6 Å². The molecule has 0 aliphatic carbocycles. The summed E-state index contributed by atoms with van der Waals surface area (Å²) in [4.78, 5) is 23.7. The van der Waals surface area contributed by atoms with Crippen molar-refractivity contribution in [3.63, 3.8) is 0 Å². The van der Waals surface area contributed by atoms with Crippen molar-refractivity contribution < 1.29 is 14.7 Å². The fraction of sp³-hybridized carbons (Fsp3) is 0.263. The normalized spacial score (nSPS) is 10.3. The van der Waals surface area contributed by atoms with Crippen LogP contribution in [0.2, 0.25) is 0 Å². The number of phenolic OH excluding ortho intramolecular Hbond substituents is 1. The molecule has 25 heavy (non-hydrogen) atoms. The molecule has 0 heterocycles. The minimum absolute atomic E-state index is 0.00457. The summed E-state index contributed by atoms with van der Waals surface area (Å²) in [6, 6.07) is 14.0. The summed E-state index contributed by atoms with van der Waals surface area (Å²) in [7, 11) is 0. The number of halogens is 1. The molecule has 0 unspecified atom stereocenters. The van der Waals surface area contributed by atoms with Crippen molar-refractivity contribution in [3.05, 3.63) is 64.1 Å². The number of rotatable bonds is 8. The molecule has 6 heteroatoms. The first kappa shape index (κ1) is 19.0. The van der Waals surface area contributed by atoms with Crippen LogP contribution in [0.15, 0.2) is 53.0 Å². The van der Waals surface area contributed by atoms with Gasteiger partial charge in [-0.3, -0.25) is 9.59 Å². The van der Waals surface area contributed by atoms with Crippen LogP contribution in [0.25, 0.3) is 0 Å². The second-order valence-corrected chi connectivity index (χ2v) is 6.46. The predicted molar refractivity (Wildman–Crippen MR) is 101 cm³/mol. The van der Waals surface area contributed by atoms with Gasteiger partial charge >= 0.3 is 0 Å². The van der Waals surface area contributed by atoms with Crippen molar-refractivity contribution in [1.29, 1.82) is 0 Å². The molecular weight excluding hydrogens is 384 g/mol. The molecule has 2 amide bonds. The molecular formula is C19H21BrN2O3. The lowest BCUT2D eigenvalue weighted by Gasteiger charge is -2.08. The van der Waals surface area contributed by atoms with Crippen LogP contribution >= 0.6 is 15.9 Å². The first-order valence-corrected chi connectivity index (χ1v) is 8.93. The van der Waals surface area contributed by atoms with E-state index in [0.29, 0.717) is 37.9 Å². The number of amides is 2. The maximum atomic E-state index is 11.9. The van der Waals surface area contributed by atoms with Gasteiger partial charge in [0.05, 0.1) is 0 Å². The van der Waals surface area contributed by atoms with Crippen LogP contribution in [0.3, 0.4) is 0 Å². The van der Waals surface area contributed by atoms with E-state index in [4.69, 9.17) is 0 Å². The zero-order chi connectivity index (χ0) is 18.1. The Hall–Kier alpha value is -2.34. The van der Waals surface area contributed by atoms with Crippen molar-refractivity contribution in [2.45, 2.75) is 19.3 Å².